The number of aryl methyl sites for hydroxylation is 2. The largest absolute Gasteiger partial charge is 0.486 e. The predicted molar refractivity (Wildman–Crippen MR) is 81.1 cm³/mol. The van der Waals surface area contributed by atoms with Gasteiger partial charge in [0.1, 0.15) is 18.7 Å². The van der Waals surface area contributed by atoms with E-state index >= 15 is 0 Å². The summed E-state index contributed by atoms with van der Waals surface area (Å²) in [5, 5.41) is 11.5. The second-order valence-corrected chi connectivity index (χ2v) is 5.51. The minimum Gasteiger partial charge on any atom is -0.486 e. The molecule has 21 heavy (non-hydrogen) atoms. The summed E-state index contributed by atoms with van der Waals surface area (Å²) in [5.41, 5.74) is 2.83. The third-order valence-electron chi connectivity index (χ3n) is 4.05. The molecule has 0 fully saturated rings. The maximum absolute atomic E-state index is 5.85. The van der Waals surface area contributed by atoms with Crippen LogP contribution in [0.25, 0.3) is 0 Å². The van der Waals surface area contributed by atoms with E-state index in [-0.39, 0.29) is 0 Å². The molecule has 0 saturated carbocycles. The fourth-order valence-electron chi connectivity index (χ4n) is 2.92. The molecule has 0 saturated heterocycles. The van der Waals surface area contributed by atoms with Gasteiger partial charge in [-0.25, -0.2) is 0 Å². The zero-order valence-corrected chi connectivity index (χ0v) is 12.7. The molecule has 3 rings (SSSR count). The lowest BCUT2D eigenvalue weighted by Gasteiger charge is -2.26. The summed E-state index contributed by atoms with van der Waals surface area (Å²) in [6.45, 7) is 3.62. The van der Waals surface area contributed by atoms with E-state index in [2.05, 4.69) is 40.6 Å². The van der Waals surface area contributed by atoms with Crippen molar-refractivity contribution in [3.63, 3.8) is 0 Å². The summed E-state index contributed by atoms with van der Waals surface area (Å²) in [6, 6.07) is 6.93. The van der Waals surface area contributed by atoms with E-state index in [4.69, 9.17) is 4.74 Å². The highest BCUT2D eigenvalue weighted by molar-refractivity contribution is 5.39. The maximum Gasteiger partial charge on any atom is 0.170 e. The van der Waals surface area contributed by atoms with Crippen LogP contribution >= 0.6 is 0 Å². The van der Waals surface area contributed by atoms with E-state index in [1.54, 1.807) is 6.33 Å². The third-order valence-corrected chi connectivity index (χ3v) is 4.05. The number of rotatable bonds is 5. The van der Waals surface area contributed by atoms with Crippen LogP contribution in [0.2, 0.25) is 0 Å². The van der Waals surface area contributed by atoms with Crippen molar-refractivity contribution in [2.24, 2.45) is 7.05 Å². The maximum atomic E-state index is 5.85. The normalized spacial score (nSPS) is 17.5. The molecule has 2 aromatic rings. The molecule has 1 aromatic carbocycles. The summed E-state index contributed by atoms with van der Waals surface area (Å²) >= 11 is 0. The van der Waals surface area contributed by atoms with Crippen LogP contribution in [-0.4, -0.2) is 21.3 Å². The van der Waals surface area contributed by atoms with Gasteiger partial charge in [-0.3, -0.25) is 0 Å². The predicted octanol–water partition coefficient (Wildman–Crippen LogP) is 2.38. The van der Waals surface area contributed by atoms with Crippen molar-refractivity contribution in [1.82, 2.24) is 20.1 Å². The lowest BCUT2D eigenvalue weighted by atomic mass is 9.87. The second-order valence-electron chi connectivity index (χ2n) is 5.51. The van der Waals surface area contributed by atoms with E-state index < -0.39 is 0 Å². The van der Waals surface area contributed by atoms with Crippen LogP contribution in [-0.2, 0) is 20.1 Å². The first-order valence-electron chi connectivity index (χ1n) is 7.60. The average Bonchev–Trinajstić information content (AvgIpc) is 2.91. The number of nitrogens with one attached hydrogen (secondary N) is 1. The number of aromatic nitrogens is 3. The number of hydrogen-bond donors (Lipinski definition) is 1. The summed E-state index contributed by atoms with van der Waals surface area (Å²) in [7, 11) is 1.92. The summed E-state index contributed by atoms with van der Waals surface area (Å²) in [4.78, 5) is 0. The van der Waals surface area contributed by atoms with E-state index in [1.165, 1.54) is 24.0 Å². The minimum absolute atomic E-state index is 0.450. The first kappa shape index (κ1) is 14.1. The van der Waals surface area contributed by atoms with Crippen molar-refractivity contribution in [3.05, 3.63) is 41.5 Å². The van der Waals surface area contributed by atoms with Crippen LogP contribution < -0.4 is 10.1 Å². The van der Waals surface area contributed by atoms with Crippen molar-refractivity contribution in [3.8, 4) is 5.75 Å². The zero-order valence-electron chi connectivity index (χ0n) is 12.7. The number of benzene rings is 1. The van der Waals surface area contributed by atoms with Gasteiger partial charge < -0.3 is 14.6 Å². The minimum atomic E-state index is 0.450. The highest BCUT2D eigenvalue weighted by Gasteiger charge is 2.19. The molecule has 1 aliphatic carbocycles. The molecule has 1 aliphatic rings. The van der Waals surface area contributed by atoms with Crippen LogP contribution in [0.4, 0.5) is 0 Å². The average molecular weight is 286 g/mol. The van der Waals surface area contributed by atoms with Gasteiger partial charge in [-0.05, 0) is 49.1 Å². The van der Waals surface area contributed by atoms with Crippen LogP contribution in [0, 0.1) is 0 Å². The zero-order chi connectivity index (χ0) is 14.7. The topological polar surface area (TPSA) is 52.0 Å². The molecule has 112 valence electrons. The van der Waals surface area contributed by atoms with E-state index in [1.807, 2.05) is 11.6 Å². The third kappa shape index (κ3) is 3.08. The summed E-state index contributed by atoms with van der Waals surface area (Å²) in [6.07, 6.45) is 5.28. The van der Waals surface area contributed by atoms with Crippen LogP contribution in [0.15, 0.2) is 24.5 Å². The van der Waals surface area contributed by atoms with Crippen molar-refractivity contribution in [1.29, 1.82) is 0 Å². The van der Waals surface area contributed by atoms with Gasteiger partial charge in [0.2, 0.25) is 0 Å². The van der Waals surface area contributed by atoms with Gasteiger partial charge in [-0.15, -0.1) is 10.2 Å². The number of ether oxygens (including phenoxy) is 1. The summed E-state index contributed by atoms with van der Waals surface area (Å²) < 4.78 is 7.72. The molecule has 0 radical (unpaired) electrons. The van der Waals surface area contributed by atoms with Crippen molar-refractivity contribution in [2.75, 3.05) is 6.54 Å². The molecule has 1 atom stereocenters. The van der Waals surface area contributed by atoms with Gasteiger partial charge in [0, 0.05) is 13.1 Å². The Morgan fingerprint density at radius 3 is 3.10 bits per heavy atom. The Hall–Kier alpha value is -1.88. The molecule has 0 aliphatic heterocycles. The van der Waals surface area contributed by atoms with Gasteiger partial charge in [-0.1, -0.05) is 13.0 Å². The van der Waals surface area contributed by atoms with Gasteiger partial charge in [0.25, 0.3) is 0 Å². The SMILES string of the molecule is CCNC1CCCc2cc(OCc3nncn3C)ccc21. The molecular weight excluding hydrogens is 264 g/mol. The standard InChI is InChI=1S/C16H22N4O/c1-3-17-15-6-4-5-12-9-13(7-8-14(12)15)21-10-16-19-18-11-20(16)2/h7-9,11,15,17H,3-6,10H2,1-2H3. The lowest BCUT2D eigenvalue weighted by molar-refractivity contribution is 0.290. The van der Waals surface area contributed by atoms with Crippen molar-refractivity contribution >= 4 is 0 Å². The highest BCUT2D eigenvalue weighted by atomic mass is 16.5. The fraction of sp³-hybridized carbons (Fsp3) is 0.500. The molecule has 0 amide bonds. The first-order chi connectivity index (χ1) is 10.3. The molecule has 5 nitrogen and oxygen atoms in total. The monoisotopic (exact) mass is 286 g/mol. The van der Waals surface area contributed by atoms with Crippen LogP contribution in [0.3, 0.4) is 0 Å². The van der Waals surface area contributed by atoms with Crippen LogP contribution in [0.1, 0.15) is 42.8 Å². The number of nitrogens with zero attached hydrogens (tertiary/aromatic N) is 3. The Morgan fingerprint density at radius 2 is 2.33 bits per heavy atom. The van der Waals surface area contributed by atoms with Crippen molar-refractivity contribution in [2.45, 2.75) is 38.8 Å². The molecule has 1 N–H and O–H groups in total. The Bertz CT molecular complexity index is 608. The Kier molecular flexibility index (Phi) is 4.20. The smallest absolute Gasteiger partial charge is 0.170 e. The van der Waals surface area contributed by atoms with Gasteiger partial charge >= 0.3 is 0 Å². The molecule has 1 aromatic heterocycles. The van der Waals surface area contributed by atoms with E-state index in [9.17, 15) is 0 Å². The molecule has 0 spiro atoms. The van der Waals surface area contributed by atoms with Gasteiger partial charge in [0.05, 0.1) is 0 Å². The van der Waals surface area contributed by atoms with Gasteiger partial charge in [-0.2, -0.15) is 0 Å². The second kappa shape index (κ2) is 6.26. The van der Waals surface area contributed by atoms with E-state index in [0.29, 0.717) is 12.6 Å². The van der Waals surface area contributed by atoms with Crippen LogP contribution in [0.5, 0.6) is 5.75 Å². The van der Waals surface area contributed by atoms with Crippen molar-refractivity contribution < 1.29 is 4.74 Å². The Morgan fingerprint density at radius 1 is 1.43 bits per heavy atom. The Balaban J connectivity index is 1.72. The molecule has 1 unspecified atom stereocenters. The van der Waals surface area contributed by atoms with Gasteiger partial charge in [0.15, 0.2) is 5.82 Å². The van der Waals surface area contributed by atoms with E-state index in [0.717, 1.165) is 24.5 Å². The Labute approximate surface area is 125 Å². The molecular formula is C16H22N4O. The number of fused-ring (bicyclic) bond motifs is 1. The molecule has 0 bridgehead atoms. The quantitative estimate of drug-likeness (QED) is 0.917. The first-order valence-corrected chi connectivity index (χ1v) is 7.60. The number of hydrogen-bond acceptors (Lipinski definition) is 4. The lowest BCUT2D eigenvalue weighted by Crippen LogP contribution is -2.24. The summed E-state index contributed by atoms with van der Waals surface area (Å²) in [5.74, 6) is 1.74. The fourth-order valence-corrected chi connectivity index (χ4v) is 2.92. The molecule has 1 heterocycles. The highest BCUT2D eigenvalue weighted by Crippen LogP contribution is 2.32. The molecule has 5 heteroatoms.